The minimum Gasteiger partial charge on any atom is -0.423 e. The molecule has 0 aromatic heterocycles. The van der Waals surface area contributed by atoms with Crippen LogP contribution in [0.25, 0.3) is 0 Å². The molecule has 2 fully saturated rings. The van der Waals surface area contributed by atoms with Crippen molar-refractivity contribution in [3.63, 3.8) is 0 Å². The summed E-state index contributed by atoms with van der Waals surface area (Å²) in [5.41, 5.74) is 3.94. The normalized spacial score (nSPS) is 26.7. The van der Waals surface area contributed by atoms with Crippen LogP contribution in [-0.2, 0) is 0 Å². The first-order valence-corrected chi connectivity index (χ1v) is 11.5. The SMILES string of the molecule is O=C(Oc1ccc([C@@H]2Nc3ccc([N+](=O)[O-])cc3[C@@H]3[C@H]4CC[C@@H](C4)[C@H]32)cc1)c1ccccc1. The number of hydrogen-bond acceptors (Lipinski definition) is 5. The van der Waals surface area contributed by atoms with Gasteiger partial charge < -0.3 is 10.1 Å². The van der Waals surface area contributed by atoms with E-state index in [1.54, 1.807) is 24.3 Å². The van der Waals surface area contributed by atoms with Gasteiger partial charge in [-0.2, -0.15) is 0 Å². The summed E-state index contributed by atoms with van der Waals surface area (Å²) in [6.45, 7) is 0. The molecule has 0 saturated heterocycles. The quantitative estimate of drug-likeness (QED) is 0.229. The van der Waals surface area contributed by atoms with E-state index in [1.807, 2.05) is 48.5 Å². The molecule has 2 bridgehead atoms. The Hall–Kier alpha value is -3.67. The lowest BCUT2D eigenvalue weighted by Crippen LogP contribution is -2.35. The number of esters is 1. The molecule has 6 nitrogen and oxygen atoms in total. The Bertz CT molecular complexity index is 1220. The Morgan fingerprint density at radius 1 is 0.970 bits per heavy atom. The fourth-order valence-corrected chi connectivity index (χ4v) is 6.40. The van der Waals surface area contributed by atoms with Gasteiger partial charge in [0.05, 0.1) is 16.5 Å². The van der Waals surface area contributed by atoms with E-state index in [0.29, 0.717) is 35.0 Å². The maximum atomic E-state index is 12.4. The van der Waals surface area contributed by atoms with Gasteiger partial charge in [-0.05, 0) is 84.4 Å². The molecule has 5 atom stereocenters. The second kappa shape index (κ2) is 7.73. The lowest BCUT2D eigenvalue weighted by molar-refractivity contribution is -0.384. The van der Waals surface area contributed by atoms with Crippen molar-refractivity contribution in [1.82, 2.24) is 0 Å². The highest BCUT2D eigenvalue weighted by Crippen LogP contribution is 2.63. The van der Waals surface area contributed by atoms with Gasteiger partial charge in [0.15, 0.2) is 0 Å². The van der Waals surface area contributed by atoms with Crippen molar-refractivity contribution in [2.45, 2.75) is 31.2 Å². The number of fused-ring (bicyclic) bond motifs is 7. The van der Waals surface area contributed by atoms with Crippen LogP contribution in [0.5, 0.6) is 5.75 Å². The molecular weight excluding hydrogens is 416 g/mol. The van der Waals surface area contributed by atoms with E-state index < -0.39 is 0 Å². The summed E-state index contributed by atoms with van der Waals surface area (Å²) in [6.07, 6.45) is 3.62. The number of hydrogen-bond donors (Lipinski definition) is 1. The van der Waals surface area contributed by atoms with Crippen LogP contribution in [0.3, 0.4) is 0 Å². The highest BCUT2D eigenvalue weighted by Gasteiger charge is 2.54. The topological polar surface area (TPSA) is 81.5 Å². The van der Waals surface area contributed by atoms with Gasteiger partial charge in [-0.3, -0.25) is 10.1 Å². The molecular formula is C27H24N2O4. The van der Waals surface area contributed by atoms with Crippen molar-refractivity contribution in [3.05, 3.63) is 99.6 Å². The number of non-ortho nitro benzene ring substituents is 1. The van der Waals surface area contributed by atoms with Gasteiger partial charge in [0.25, 0.3) is 5.69 Å². The first kappa shape index (κ1) is 20.0. The van der Waals surface area contributed by atoms with Crippen LogP contribution in [0.1, 0.15) is 52.7 Å². The molecule has 1 aliphatic heterocycles. The number of nitrogens with one attached hydrogen (secondary N) is 1. The van der Waals surface area contributed by atoms with Crippen LogP contribution in [0.15, 0.2) is 72.8 Å². The van der Waals surface area contributed by atoms with E-state index in [9.17, 15) is 14.9 Å². The molecule has 1 N–H and O–H groups in total. The largest absolute Gasteiger partial charge is 0.423 e. The van der Waals surface area contributed by atoms with Crippen LogP contribution in [0, 0.1) is 27.9 Å². The van der Waals surface area contributed by atoms with Gasteiger partial charge in [0.1, 0.15) is 5.75 Å². The summed E-state index contributed by atoms with van der Waals surface area (Å²) in [5.74, 6) is 2.13. The Labute approximate surface area is 191 Å². The number of nitro benzene ring substituents is 1. The molecule has 6 heteroatoms. The van der Waals surface area contributed by atoms with Gasteiger partial charge in [-0.25, -0.2) is 4.79 Å². The molecule has 2 aliphatic carbocycles. The van der Waals surface area contributed by atoms with E-state index in [2.05, 4.69) is 5.32 Å². The van der Waals surface area contributed by atoms with Crippen molar-refractivity contribution in [2.75, 3.05) is 5.32 Å². The Balaban J connectivity index is 1.29. The van der Waals surface area contributed by atoms with Gasteiger partial charge in [-0.15, -0.1) is 0 Å². The van der Waals surface area contributed by atoms with E-state index in [0.717, 1.165) is 16.8 Å². The minimum absolute atomic E-state index is 0.137. The van der Waals surface area contributed by atoms with Crippen molar-refractivity contribution >= 4 is 17.3 Å². The second-order valence-electron chi connectivity index (χ2n) is 9.41. The zero-order valence-corrected chi connectivity index (χ0v) is 18.0. The molecule has 3 aromatic rings. The Morgan fingerprint density at radius 2 is 1.73 bits per heavy atom. The summed E-state index contributed by atoms with van der Waals surface area (Å²) in [7, 11) is 0. The predicted molar refractivity (Wildman–Crippen MR) is 124 cm³/mol. The number of carbonyl (C=O) groups is 1. The highest BCUT2D eigenvalue weighted by molar-refractivity contribution is 5.90. The third-order valence-corrected chi connectivity index (χ3v) is 7.74. The highest BCUT2D eigenvalue weighted by atomic mass is 16.6. The number of anilines is 1. The maximum absolute atomic E-state index is 12.4. The Morgan fingerprint density at radius 3 is 2.48 bits per heavy atom. The molecule has 0 radical (unpaired) electrons. The van der Waals surface area contributed by atoms with Crippen LogP contribution in [-0.4, -0.2) is 10.9 Å². The molecule has 0 amide bonds. The molecule has 6 rings (SSSR count). The fourth-order valence-electron chi connectivity index (χ4n) is 6.40. The summed E-state index contributed by atoms with van der Waals surface area (Å²) in [4.78, 5) is 23.4. The molecule has 0 unspecified atom stereocenters. The van der Waals surface area contributed by atoms with Crippen molar-refractivity contribution < 1.29 is 14.5 Å². The fraction of sp³-hybridized carbons (Fsp3) is 0.296. The molecule has 3 aliphatic rings. The van der Waals surface area contributed by atoms with Crippen LogP contribution >= 0.6 is 0 Å². The average molecular weight is 440 g/mol. The molecule has 1 heterocycles. The lowest BCUT2D eigenvalue weighted by Gasteiger charge is -2.43. The molecule has 3 aromatic carbocycles. The van der Waals surface area contributed by atoms with Crippen LogP contribution < -0.4 is 10.1 Å². The smallest absolute Gasteiger partial charge is 0.343 e. The Kier molecular flexibility index (Phi) is 4.68. The number of benzene rings is 3. The zero-order chi connectivity index (χ0) is 22.5. The van der Waals surface area contributed by atoms with E-state index in [-0.39, 0.29) is 22.6 Å². The van der Waals surface area contributed by atoms with Crippen LogP contribution in [0.4, 0.5) is 11.4 Å². The third-order valence-electron chi connectivity index (χ3n) is 7.74. The first-order valence-electron chi connectivity index (χ1n) is 11.5. The molecule has 166 valence electrons. The number of ether oxygens (including phenoxy) is 1. The molecule has 33 heavy (non-hydrogen) atoms. The van der Waals surface area contributed by atoms with E-state index in [1.165, 1.54) is 19.3 Å². The van der Waals surface area contributed by atoms with E-state index >= 15 is 0 Å². The summed E-state index contributed by atoms with van der Waals surface area (Å²) in [6, 6.07) is 22.1. The van der Waals surface area contributed by atoms with Gasteiger partial charge in [0, 0.05) is 17.8 Å². The van der Waals surface area contributed by atoms with Crippen LogP contribution in [0.2, 0.25) is 0 Å². The minimum atomic E-state index is -0.372. The maximum Gasteiger partial charge on any atom is 0.343 e. The van der Waals surface area contributed by atoms with Crippen molar-refractivity contribution in [3.8, 4) is 5.75 Å². The van der Waals surface area contributed by atoms with Crippen molar-refractivity contribution in [1.29, 1.82) is 0 Å². The van der Waals surface area contributed by atoms with Gasteiger partial charge in [-0.1, -0.05) is 30.3 Å². The summed E-state index contributed by atoms with van der Waals surface area (Å²) >= 11 is 0. The second-order valence-corrected chi connectivity index (χ2v) is 9.41. The first-order chi connectivity index (χ1) is 16.1. The van der Waals surface area contributed by atoms with E-state index in [4.69, 9.17) is 4.74 Å². The average Bonchev–Trinajstić information content (AvgIpc) is 3.47. The lowest BCUT2D eigenvalue weighted by atomic mass is 9.68. The number of nitrogens with zero attached hydrogens (tertiary/aromatic N) is 1. The van der Waals surface area contributed by atoms with Gasteiger partial charge in [0.2, 0.25) is 0 Å². The third kappa shape index (κ3) is 3.37. The standard InChI is InChI=1S/C27H24N2O4/c30-27(17-4-2-1-3-5-17)33-21-11-8-16(9-12-21)26-25-19-7-6-18(14-19)24(25)22-15-20(29(31)32)10-13-23(22)28-26/h1-5,8-13,15,18-19,24-26,28H,6-7,14H2/t18-,19-,24-,25+,26-/m0/s1. The summed E-state index contributed by atoms with van der Waals surface area (Å²) in [5, 5.41) is 15.1. The number of rotatable bonds is 4. The zero-order valence-electron chi connectivity index (χ0n) is 18.0. The predicted octanol–water partition coefficient (Wildman–Crippen LogP) is 6.11. The summed E-state index contributed by atoms with van der Waals surface area (Å²) < 4.78 is 5.55. The number of carbonyl (C=O) groups excluding carboxylic acids is 1. The molecule has 2 saturated carbocycles. The number of nitro groups is 1. The van der Waals surface area contributed by atoms with Crippen molar-refractivity contribution in [2.24, 2.45) is 17.8 Å². The monoisotopic (exact) mass is 440 g/mol. The molecule has 0 spiro atoms. The van der Waals surface area contributed by atoms with Gasteiger partial charge >= 0.3 is 5.97 Å².